The number of hydrogen-bond acceptors (Lipinski definition) is 2. The molecule has 0 bridgehead atoms. The summed E-state index contributed by atoms with van der Waals surface area (Å²) in [6.45, 7) is 2.60. The van der Waals surface area contributed by atoms with Crippen LogP contribution in [-0.2, 0) is 6.42 Å². The first-order valence-corrected chi connectivity index (χ1v) is 7.26. The Bertz CT molecular complexity index is 608. The van der Waals surface area contributed by atoms with Crippen LogP contribution in [0.5, 0.6) is 0 Å². The topological polar surface area (TPSA) is 55.1 Å². The Morgan fingerprint density at radius 3 is 2.50 bits per heavy atom. The molecular formula is C16H17BrN2O. The van der Waals surface area contributed by atoms with Gasteiger partial charge in [0.05, 0.1) is 0 Å². The van der Waals surface area contributed by atoms with Crippen LogP contribution in [0.2, 0.25) is 0 Å². The standard InChI is InChI=1S/C16H17BrN2O/c1-11-10-14(6-7-15(11)17)19-16(20)13-4-2-12(3-5-13)8-9-18/h2-7,10H,8-9,18H2,1H3,(H,19,20). The van der Waals surface area contributed by atoms with Crippen molar-refractivity contribution in [1.29, 1.82) is 0 Å². The molecule has 2 rings (SSSR count). The predicted molar refractivity (Wildman–Crippen MR) is 86.0 cm³/mol. The highest BCUT2D eigenvalue weighted by molar-refractivity contribution is 9.10. The van der Waals surface area contributed by atoms with Crippen molar-refractivity contribution in [2.45, 2.75) is 13.3 Å². The van der Waals surface area contributed by atoms with Gasteiger partial charge < -0.3 is 11.1 Å². The molecule has 0 atom stereocenters. The Kier molecular flexibility index (Phi) is 4.93. The van der Waals surface area contributed by atoms with E-state index in [9.17, 15) is 4.79 Å². The van der Waals surface area contributed by atoms with Crippen LogP contribution in [0, 0.1) is 6.92 Å². The Balaban J connectivity index is 2.09. The molecule has 0 aliphatic heterocycles. The van der Waals surface area contributed by atoms with Crippen molar-refractivity contribution in [3.8, 4) is 0 Å². The SMILES string of the molecule is Cc1cc(NC(=O)c2ccc(CCN)cc2)ccc1Br. The predicted octanol–water partition coefficient (Wildman–Crippen LogP) is 3.51. The molecule has 3 N–H and O–H groups in total. The van der Waals surface area contributed by atoms with Crippen molar-refractivity contribution in [2.75, 3.05) is 11.9 Å². The van der Waals surface area contributed by atoms with Gasteiger partial charge in [0.2, 0.25) is 0 Å². The Morgan fingerprint density at radius 2 is 1.90 bits per heavy atom. The lowest BCUT2D eigenvalue weighted by atomic mass is 10.1. The number of carbonyl (C=O) groups excluding carboxylic acids is 1. The lowest BCUT2D eigenvalue weighted by Gasteiger charge is -2.08. The van der Waals surface area contributed by atoms with E-state index >= 15 is 0 Å². The molecule has 0 unspecified atom stereocenters. The van der Waals surface area contributed by atoms with Crippen LogP contribution in [0.1, 0.15) is 21.5 Å². The van der Waals surface area contributed by atoms with Gasteiger partial charge in [-0.25, -0.2) is 0 Å². The lowest BCUT2D eigenvalue weighted by molar-refractivity contribution is 0.102. The number of nitrogens with two attached hydrogens (primary N) is 1. The molecule has 4 heteroatoms. The van der Waals surface area contributed by atoms with E-state index in [4.69, 9.17) is 5.73 Å². The highest BCUT2D eigenvalue weighted by Gasteiger charge is 2.06. The van der Waals surface area contributed by atoms with Crippen LogP contribution in [-0.4, -0.2) is 12.5 Å². The van der Waals surface area contributed by atoms with Gasteiger partial charge in [-0.3, -0.25) is 4.79 Å². The molecule has 3 nitrogen and oxygen atoms in total. The van der Waals surface area contributed by atoms with Crippen LogP contribution in [0.3, 0.4) is 0 Å². The second kappa shape index (κ2) is 6.68. The van der Waals surface area contributed by atoms with Crippen molar-refractivity contribution in [2.24, 2.45) is 5.73 Å². The van der Waals surface area contributed by atoms with Gasteiger partial charge in [-0.15, -0.1) is 0 Å². The van der Waals surface area contributed by atoms with Gasteiger partial charge in [0.15, 0.2) is 0 Å². The summed E-state index contributed by atoms with van der Waals surface area (Å²) in [5.74, 6) is -0.106. The van der Waals surface area contributed by atoms with Crippen molar-refractivity contribution in [3.63, 3.8) is 0 Å². The monoisotopic (exact) mass is 332 g/mol. The van der Waals surface area contributed by atoms with Crippen LogP contribution in [0.15, 0.2) is 46.9 Å². The first-order chi connectivity index (χ1) is 9.60. The van der Waals surface area contributed by atoms with Gasteiger partial charge in [0.25, 0.3) is 5.91 Å². The maximum Gasteiger partial charge on any atom is 0.255 e. The lowest BCUT2D eigenvalue weighted by Crippen LogP contribution is -2.12. The molecule has 0 radical (unpaired) electrons. The number of anilines is 1. The van der Waals surface area contributed by atoms with E-state index in [1.165, 1.54) is 0 Å². The van der Waals surface area contributed by atoms with Crippen LogP contribution in [0.4, 0.5) is 5.69 Å². The fraction of sp³-hybridized carbons (Fsp3) is 0.188. The normalized spacial score (nSPS) is 10.3. The first kappa shape index (κ1) is 14.8. The number of amides is 1. The summed E-state index contributed by atoms with van der Waals surface area (Å²) in [5, 5.41) is 2.89. The molecule has 2 aromatic carbocycles. The third-order valence-electron chi connectivity index (χ3n) is 3.06. The van der Waals surface area contributed by atoms with Gasteiger partial charge in [0, 0.05) is 15.7 Å². The molecule has 0 fully saturated rings. The van der Waals surface area contributed by atoms with Crippen LogP contribution >= 0.6 is 15.9 Å². The Morgan fingerprint density at radius 1 is 1.20 bits per heavy atom. The van der Waals surface area contributed by atoms with E-state index in [2.05, 4.69) is 21.2 Å². The molecule has 0 aromatic heterocycles. The Hall–Kier alpha value is -1.65. The summed E-state index contributed by atoms with van der Waals surface area (Å²) in [5.41, 5.74) is 9.17. The average molecular weight is 333 g/mol. The van der Waals surface area contributed by atoms with Crippen molar-refractivity contribution < 1.29 is 4.79 Å². The summed E-state index contributed by atoms with van der Waals surface area (Å²) >= 11 is 3.44. The van der Waals surface area contributed by atoms with E-state index in [0.717, 1.165) is 27.7 Å². The van der Waals surface area contributed by atoms with E-state index < -0.39 is 0 Å². The van der Waals surface area contributed by atoms with E-state index in [-0.39, 0.29) is 5.91 Å². The third kappa shape index (κ3) is 3.68. The maximum absolute atomic E-state index is 12.1. The fourth-order valence-electron chi connectivity index (χ4n) is 1.92. The van der Waals surface area contributed by atoms with Gasteiger partial charge in [-0.1, -0.05) is 28.1 Å². The number of benzene rings is 2. The van der Waals surface area contributed by atoms with Gasteiger partial charge in [-0.2, -0.15) is 0 Å². The summed E-state index contributed by atoms with van der Waals surface area (Å²) in [7, 11) is 0. The van der Waals surface area contributed by atoms with Crippen molar-refractivity contribution >= 4 is 27.5 Å². The molecular weight excluding hydrogens is 316 g/mol. The van der Waals surface area contributed by atoms with E-state index in [1.807, 2.05) is 49.4 Å². The number of nitrogens with one attached hydrogen (secondary N) is 1. The highest BCUT2D eigenvalue weighted by Crippen LogP contribution is 2.20. The zero-order valence-electron chi connectivity index (χ0n) is 11.3. The first-order valence-electron chi connectivity index (χ1n) is 6.46. The second-order valence-corrected chi connectivity index (χ2v) is 5.51. The molecule has 20 heavy (non-hydrogen) atoms. The van der Waals surface area contributed by atoms with Gasteiger partial charge >= 0.3 is 0 Å². The number of aryl methyl sites for hydroxylation is 1. The smallest absolute Gasteiger partial charge is 0.255 e. The van der Waals surface area contributed by atoms with Crippen molar-refractivity contribution in [3.05, 3.63) is 63.6 Å². The molecule has 0 heterocycles. The zero-order valence-corrected chi connectivity index (χ0v) is 12.9. The Labute approximate surface area is 127 Å². The summed E-state index contributed by atoms with van der Waals surface area (Å²) in [6, 6.07) is 13.3. The largest absolute Gasteiger partial charge is 0.330 e. The molecule has 0 spiro atoms. The van der Waals surface area contributed by atoms with Crippen LogP contribution < -0.4 is 11.1 Å². The second-order valence-electron chi connectivity index (χ2n) is 4.65. The maximum atomic E-state index is 12.1. The fourth-order valence-corrected chi connectivity index (χ4v) is 2.16. The minimum Gasteiger partial charge on any atom is -0.330 e. The van der Waals surface area contributed by atoms with E-state index in [0.29, 0.717) is 12.1 Å². The van der Waals surface area contributed by atoms with Gasteiger partial charge in [0.1, 0.15) is 0 Å². The minimum absolute atomic E-state index is 0.106. The molecule has 0 saturated heterocycles. The molecule has 0 aliphatic rings. The molecule has 0 saturated carbocycles. The molecule has 104 valence electrons. The summed E-state index contributed by atoms with van der Waals surface area (Å²) in [4.78, 5) is 12.1. The molecule has 1 amide bonds. The number of carbonyl (C=O) groups is 1. The van der Waals surface area contributed by atoms with E-state index in [1.54, 1.807) is 0 Å². The summed E-state index contributed by atoms with van der Waals surface area (Å²) in [6.07, 6.45) is 0.827. The number of hydrogen-bond donors (Lipinski definition) is 2. The third-order valence-corrected chi connectivity index (χ3v) is 3.95. The molecule has 2 aromatic rings. The summed E-state index contributed by atoms with van der Waals surface area (Å²) < 4.78 is 1.03. The quantitative estimate of drug-likeness (QED) is 0.900. The van der Waals surface area contributed by atoms with Crippen molar-refractivity contribution in [1.82, 2.24) is 0 Å². The zero-order chi connectivity index (χ0) is 14.5. The molecule has 0 aliphatic carbocycles. The number of halogens is 1. The average Bonchev–Trinajstić information content (AvgIpc) is 2.44. The van der Waals surface area contributed by atoms with Crippen LogP contribution in [0.25, 0.3) is 0 Å². The van der Waals surface area contributed by atoms with Gasteiger partial charge in [-0.05, 0) is 61.3 Å². The minimum atomic E-state index is -0.106. The number of rotatable bonds is 4. The highest BCUT2D eigenvalue weighted by atomic mass is 79.9.